The minimum Gasteiger partial charge on any atom is -0.383 e. The van der Waals surface area contributed by atoms with Crippen LogP contribution in [0.4, 0.5) is 0 Å². The molecule has 0 fully saturated rings. The Bertz CT molecular complexity index is 634. The fraction of sp³-hybridized carbons (Fsp3) is 0.417. The van der Waals surface area contributed by atoms with Gasteiger partial charge in [0.05, 0.1) is 27.1 Å². The summed E-state index contributed by atoms with van der Waals surface area (Å²) >= 11 is 11.9. The van der Waals surface area contributed by atoms with Crippen LogP contribution in [0.2, 0.25) is 10.0 Å². The molecule has 1 aromatic carbocycles. The zero-order valence-corrected chi connectivity index (χ0v) is 13.9. The van der Waals surface area contributed by atoms with Gasteiger partial charge in [-0.05, 0) is 19.1 Å². The van der Waals surface area contributed by atoms with E-state index in [2.05, 4.69) is 0 Å². The molecule has 0 aliphatic carbocycles. The average Bonchev–Trinajstić information content (AvgIpc) is 2.41. The topological polar surface area (TPSA) is 89.7 Å². The number of benzene rings is 1. The first-order valence-electron chi connectivity index (χ1n) is 6.02. The predicted octanol–water partition coefficient (Wildman–Crippen LogP) is 1.75. The van der Waals surface area contributed by atoms with Crippen LogP contribution >= 0.6 is 23.2 Å². The van der Waals surface area contributed by atoms with Gasteiger partial charge in [0.15, 0.2) is 0 Å². The Morgan fingerprint density at radius 3 is 2.48 bits per heavy atom. The van der Waals surface area contributed by atoms with Crippen molar-refractivity contribution in [2.75, 3.05) is 26.8 Å². The van der Waals surface area contributed by atoms with E-state index in [0.29, 0.717) is 19.7 Å². The molecule has 0 aromatic heterocycles. The van der Waals surface area contributed by atoms with Gasteiger partial charge in [0.25, 0.3) is 5.91 Å². The molecular formula is C12H16Cl2N2O4S. The molecule has 0 saturated carbocycles. The Balaban J connectivity index is 3.28. The number of primary sulfonamides is 1. The number of amides is 1. The molecule has 1 aromatic rings. The molecule has 6 nitrogen and oxygen atoms in total. The predicted molar refractivity (Wildman–Crippen MR) is 81.3 cm³/mol. The van der Waals surface area contributed by atoms with Gasteiger partial charge >= 0.3 is 0 Å². The number of methoxy groups -OCH3 is 1. The number of ether oxygens (including phenoxy) is 1. The minimum atomic E-state index is -3.99. The van der Waals surface area contributed by atoms with Crippen LogP contribution in [0.15, 0.2) is 17.0 Å². The van der Waals surface area contributed by atoms with E-state index in [9.17, 15) is 13.2 Å². The van der Waals surface area contributed by atoms with Gasteiger partial charge < -0.3 is 9.64 Å². The van der Waals surface area contributed by atoms with E-state index in [1.165, 1.54) is 12.0 Å². The monoisotopic (exact) mass is 354 g/mol. The summed E-state index contributed by atoms with van der Waals surface area (Å²) in [6, 6.07) is 2.24. The van der Waals surface area contributed by atoms with Crippen LogP contribution in [0.25, 0.3) is 0 Å². The van der Waals surface area contributed by atoms with Crippen LogP contribution < -0.4 is 5.14 Å². The SMILES string of the molecule is CCN(CCOC)C(=O)c1cc(S(N)(=O)=O)cc(Cl)c1Cl. The van der Waals surface area contributed by atoms with Crippen molar-refractivity contribution >= 4 is 39.1 Å². The van der Waals surface area contributed by atoms with E-state index >= 15 is 0 Å². The lowest BCUT2D eigenvalue weighted by Crippen LogP contribution is -2.34. The maximum atomic E-state index is 12.4. The first kappa shape index (κ1) is 18.2. The van der Waals surface area contributed by atoms with Gasteiger partial charge in [-0.1, -0.05) is 23.2 Å². The molecule has 0 saturated heterocycles. The molecular weight excluding hydrogens is 339 g/mol. The number of halogens is 2. The van der Waals surface area contributed by atoms with Crippen LogP contribution in [-0.4, -0.2) is 46.0 Å². The van der Waals surface area contributed by atoms with Gasteiger partial charge in [0.2, 0.25) is 10.0 Å². The molecule has 2 N–H and O–H groups in total. The highest BCUT2D eigenvalue weighted by molar-refractivity contribution is 7.89. The summed E-state index contributed by atoms with van der Waals surface area (Å²) in [6.07, 6.45) is 0. The van der Waals surface area contributed by atoms with Crippen molar-refractivity contribution in [1.29, 1.82) is 0 Å². The molecule has 0 bridgehead atoms. The standard InChI is InChI=1S/C12H16Cl2N2O4S/c1-3-16(4-5-20-2)12(17)9-6-8(21(15,18)19)7-10(13)11(9)14/h6-7H,3-5H2,1-2H3,(H2,15,18,19). The largest absolute Gasteiger partial charge is 0.383 e. The Morgan fingerprint density at radius 2 is 2.00 bits per heavy atom. The third-order valence-corrected chi connectivity index (χ3v) is 4.49. The molecule has 9 heteroatoms. The van der Waals surface area contributed by atoms with Crippen molar-refractivity contribution in [3.63, 3.8) is 0 Å². The van der Waals surface area contributed by atoms with Crippen LogP contribution in [0, 0.1) is 0 Å². The molecule has 1 amide bonds. The average molecular weight is 355 g/mol. The smallest absolute Gasteiger partial charge is 0.255 e. The second-order valence-electron chi connectivity index (χ2n) is 4.19. The van der Waals surface area contributed by atoms with Crippen molar-refractivity contribution in [2.45, 2.75) is 11.8 Å². The summed E-state index contributed by atoms with van der Waals surface area (Å²) in [5, 5.41) is 5.00. The second-order valence-corrected chi connectivity index (χ2v) is 6.54. The van der Waals surface area contributed by atoms with Crippen molar-refractivity contribution in [3.05, 3.63) is 27.7 Å². The quantitative estimate of drug-likeness (QED) is 0.842. The van der Waals surface area contributed by atoms with E-state index in [4.69, 9.17) is 33.1 Å². The van der Waals surface area contributed by atoms with Crippen LogP contribution in [0.1, 0.15) is 17.3 Å². The third-order valence-electron chi connectivity index (χ3n) is 2.79. The minimum absolute atomic E-state index is 0.00820. The lowest BCUT2D eigenvalue weighted by molar-refractivity contribution is 0.0706. The zero-order valence-electron chi connectivity index (χ0n) is 11.6. The number of nitrogens with two attached hydrogens (primary N) is 1. The van der Waals surface area contributed by atoms with Crippen molar-refractivity contribution in [3.8, 4) is 0 Å². The first-order valence-corrected chi connectivity index (χ1v) is 8.32. The molecule has 0 radical (unpaired) electrons. The number of carbonyl (C=O) groups is 1. The fourth-order valence-corrected chi connectivity index (χ4v) is 2.70. The Morgan fingerprint density at radius 1 is 1.38 bits per heavy atom. The number of hydrogen-bond donors (Lipinski definition) is 1. The van der Waals surface area contributed by atoms with Gasteiger partial charge in [-0.2, -0.15) is 0 Å². The molecule has 0 aliphatic heterocycles. The van der Waals surface area contributed by atoms with Crippen LogP contribution in [-0.2, 0) is 14.8 Å². The van der Waals surface area contributed by atoms with E-state index in [1.54, 1.807) is 6.92 Å². The Labute approximate surface area is 133 Å². The molecule has 0 aliphatic rings. The van der Waals surface area contributed by atoms with Gasteiger partial charge in [-0.3, -0.25) is 4.79 Å². The summed E-state index contributed by atoms with van der Waals surface area (Å²) in [4.78, 5) is 13.6. The molecule has 0 heterocycles. The number of sulfonamides is 1. The molecule has 0 atom stereocenters. The van der Waals surface area contributed by atoms with E-state index in [1.807, 2.05) is 0 Å². The van der Waals surface area contributed by atoms with Gasteiger partial charge in [0.1, 0.15) is 0 Å². The summed E-state index contributed by atoms with van der Waals surface area (Å²) in [5.41, 5.74) is -0.00820. The summed E-state index contributed by atoms with van der Waals surface area (Å²) in [5.74, 6) is -0.438. The lowest BCUT2D eigenvalue weighted by Gasteiger charge is -2.21. The van der Waals surface area contributed by atoms with E-state index in [-0.39, 0.29) is 20.5 Å². The number of likely N-dealkylation sites (N-methyl/N-ethyl adjacent to an activating group) is 1. The molecule has 0 spiro atoms. The summed E-state index contributed by atoms with van der Waals surface area (Å²) < 4.78 is 27.8. The number of hydrogen-bond acceptors (Lipinski definition) is 4. The highest BCUT2D eigenvalue weighted by atomic mass is 35.5. The normalized spacial score (nSPS) is 11.5. The maximum absolute atomic E-state index is 12.4. The Hall–Kier alpha value is -0.860. The highest BCUT2D eigenvalue weighted by Crippen LogP contribution is 2.30. The van der Waals surface area contributed by atoms with E-state index < -0.39 is 15.9 Å². The number of rotatable bonds is 6. The molecule has 21 heavy (non-hydrogen) atoms. The third kappa shape index (κ3) is 4.55. The zero-order chi connectivity index (χ0) is 16.2. The lowest BCUT2D eigenvalue weighted by atomic mass is 10.2. The van der Waals surface area contributed by atoms with Crippen molar-refractivity contribution < 1.29 is 17.9 Å². The molecule has 0 unspecified atom stereocenters. The summed E-state index contributed by atoms with van der Waals surface area (Å²) in [7, 11) is -2.47. The van der Waals surface area contributed by atoms with Crippen LogP contribution in [0.5, 0.6) is 0 Å². The van der Waals surface area contributed by atoms with E-state index in [0.717, 1.165) is 12.1 Å². The fourth-order valence-electron chi connectivity index (χ4n) is 1.66. The van der Waals surface area contributed by atoms with Crippen molar-refractivity contribution in [1.82, 2.24) is 4.90 Å². The van der Waals surface area contributed by atoms with Gasteiger partial charge in [-0.25, -0.2) is 13.6 Å². The number of nitrogens with zero attached hydrogens (tertiary/aromatic N) is 1. The molecule has 118 valence electrons. The first-order chi connectivity index (χ1) is 9.72. The maximum Gasteiger partial charge on any atom is 0.255 e. The Kier molecular flexibility index (Phi) is 6.42. The van der Waals surface area contributed by atoms with Gasteiger partial charge in [0, 0.05) is 20.2 Å². The highest BCUT2D eigenvalue weighted by Gasteiger charge is 2.22. The van der Waals surface area contributed by atoms with Crippen LogP contribution in [0.3, 0.4) is 0 Å². The van der Waals surface area contributed by atoms with Crippen molar-refractivity contribution in [2.24, 2.45) is 5.14 Å². The summed E-state index contributed by atoms with van der Waals surface area (Å²) in [6.45, 7) is 2.89. The van der Waals surface area contributed by atoms with Gasteiger partial charge in [-0.15, -0.1) is 0 Å². The number of carbonyl (C=O) groups excluding carboxylic acids is 1. The molecule has 1 rings (SSSR count). The second kappa shape index (κ2) is 7.42.